The molecule has 4 nitrogen and oxygen atoms in total. The van der Waals surface area contributed by atoms with Crippen molar-refractivity contribution in [1.82, 2.24) is 4.98 Å². The number of halogens is 1. The number of aliphatic hydroxyl groups excluding tert-OH is 2. The van der Waals surface area contributed by atoms with E-state index < -0.39 is 12.2 Å². The van der Waals surface area contributed by atoms with Gasteiger partial charge in [-0.15, -0.1) is 0 Å². The maximum absolute atomic E-state index is 11.1. The SMILES string of the molecule is CC(=O)c1cccc(C(O)C(O)CCBr)n1. The Balaban J connectivity index is 2.86. The number of pyridine rings is 1. The number of Topliss-reactive ketones (excluding diaryl/α,β-unsaturated/α-hetero) is 1. The first kappa shape index (κ1) is 13.3. The Morgan fingerprint density at radius 2 is 2.19 bits per heavy atom. The van der Waals surface area contributed by atoms with Gasteiger partial charge in [-0.3, -0.25) is 4.79 Å². The molecule has 0 aromatic carbocycles. The lowest BCUT2D eigenvalue weighted by molar-refractivity contribution is 0.0147. The first-order chi connectivity index (χ1) is 7.56. The van der Waals surface area contributed by atoms with Crippen LogP contribution in [0.1, 0.15) is 35.6 Å². The van der Waals surface area contributed by atoms with Gasteiger partial charge in [0.15, 0.2) is 5.78 Å². The summed E-state index contributed by atoms with van der Waals surface area (Å²) in [5, 5.41) is 20.0. The van der Waals surface area contributed by atoms with Crippen molar-refractivity contribution in [2.75, 3.05) is 5.33 Å². The minimum Gasteiger partial charge on any atom is -0.390 e. The van der Waals surface area contributed by atoms with Crippen LogP contribution in [0.25, 0.3) is 0 Å². The van der Waals surface area contributed by atoms with E-state index in [9.17, 15) is 15.0 Å². The van der Waals surface area contributed by atoms with Crippen LogP contribution >= 0.6 is 15.9 Å². The highest BCUT2D eigenvalue weighted by atomic mass is 79.9. The largest absolute Gasteiger partial charge is 0.390 e. The minimum absolute atomic E-state index is 0.163. The van der Waals surface area contributed by atoms with Crippen LogP contribution in [0.15, 0.2) is 18.2 Å². The van der Waals surface area contributed by atoms with E-state index in [1.165, 1.54) is 6.92 Å². The number of aliphatic hydroxyl groups is 2. The molecule has 16 heavy (non-hydrogen) atoms. The van der Waals surface area contributed by atoms with E-state index >= 15 is 0 Å². The van der Waals surface area contributed by atoms with E-state index in [0.29, 0.717) is 23.1 Å². The lowest BCUT2D eigenvalue weighted by Gasteiger charge is -2.16. The quantitative estimate of drug-likeness (QED) is 0.635. The van der Waals surface area contributed by atoms with Crippen LogP contribution in [0.3, 0.4) is 0 Å². The van der Waals surface area contributed by atoms with E-state index in [1.54, 1.807) is 18.2 Å². The molecule has 1 rings (SSSR count). The standard InChI is InChI=1S/C11H14BrNO3/c1-7(14)8-3-2-4-9(13-8)11(16)10(15)5-6-12/h2-4,10-11,15-16H,5-6H2,1H3. The fraction of sp³-hybridized carbons (Fsp3) is 0.455. The Bertz CT molecular complexity index is 370. The molecule has 2 N–H and O–H groups in total. The second-order valence-corrected chi connectivity index (χ2v) is 4.29. The number of ketones is 1. The number of carbonyl (C=O) groups is 1. The van der Waals surface area contributed by atoms with E-state index in [-0.39, 0.29) is 5.78 Å². The number of nitrogens with zero attached hydrogens (tertiary/aromatic N) is 1. The number of carbonyl (C=O) groups excluding carboxylic acids is 1. The Hall–Kier alpha value is -0.780. The van der Waals surface area contributed by atoms with Crippen molar-refractivity contribution in [2.24, 2.45) is 0 Å². The van der Waals surface area contributed by atoms with Gasteiger partial charge in [0.25, 0.3) is 0 Å². The Morgan fingerprint density at radius 1 is 1.50 bits per heavy atom. The van der Waals surface area contributed by atoms with Crippen molar-refractivity contribution in [3.8, 4) is 0 Å². The van der Waals surface area contributed by atoms with Crippen LogP contribution < -0.4 is 0 Å². The summed E-state index contributed by atoms with van der Waals surface area (Å²) in [4.78, 5) is 15.1. The number of rotatable bonds is 5. The first-order valence-corrected chi connectivity index (χ1v) is 6.08. The minimum atomic E-state index is -1.06. The molecule has 0 fully saturated rings. The maximum atomic E-state index is 11.1. The zero-order valence-corrected chi connectivity index (χ0v) is 10.5. The Morgan fingerprint density at radius 3 is 2.75 bits per heavy atom. The molecule has 1 aromatic heterocycles. The summed E-state index contributed by atoms with van der Waals surface area (Å²) < 4.78 is 0. The summed E-state index contributed by atoms with van der Waals surface area (Å²) in [5.74, 6) is -0.163. The molecule has 1 aromatic rings. The summed E-state index contributed by atoms with van der Waals surface area (Å²) in [6.45, 7) is 1.41. The molecule has 88 valence electrons. The summed E-state index contributed by atoms with van der Waals surface area (Å²) >= 11 is 3.18. The zero-order valence-electron chi connectivity index (χ0n) is 8.93. The predicted octanol–water partition coefficient (Wildman–Crippen LogP) is 1.46. The van der Waals surface area contributed by atoms with Gasteiger partial charge in [-0.05, 0) is 18.6 Å². The Labute approximate surface area is 102 Å². The van der Waals surface area contributed by atoms with Crippen molar-refractivity contribution < 1.29 is 15.0 Å². The van der Waals surface area contributed by atoms with Crippen LogP contribution in [0, 0.1) is 0 Å². The number of hydrogen-bond donors (Lipinski definition) is 2. The number of hydrogen-bond acceptors (Lipinski definition) is 4. The molecule has 0 radical (unpaired) electrons. The van der Waals surface area contributed by atoms with Crippen molar-refractivity contribution in [2.45, 2.75) is 25.6 Å². The smallest absolute Gasteiger partial charge is 0.178 e. The molecule has 5 heteroatoms. The summed E-state index contributed by atoms with van der Waals surface area (Å²) in [6.07, 6.45) is -1.52. The summed E-state index contributed by atoms with van der Waals surface area (Å²) in [6, 6.07) is 4.81. The highest BCUT2D eigenvalue weighted by Gasteiger charge is 2.19. The van der Waals surface area contributed by atoms with Gasteiger partial charge < -0.3 is 10.2 Å². The van der Waals surface area contributed by atoms with Gasteiger partial charge in [0.1, 0.15) is 11.8 Å². The van der Waals surface area contributed by atoms with Crippen LogP contribution in [0.5, 0.6) is 0 Å². The molecule has 0 bridgehead atoms. The summed E-state index contributed by atoms with van der Waals surface area (Å²) in [5.41, 5.74) is 0.615. The van der Waals surface area contributed by atoms with Crippen molar-refractivity contribution in [1.29, 1.82) is 0 Å². The topological polar surface area (TPSA) is 70.4 Å². The molecule has 2 unspecified atom stereocenters. The van der Waals surface area contributed by atoms with E-state index in [1.807, 2.05) is 0 Å². The maximum Gasteiger partial charge on any atom is 0.178 e. The predicted molar refractivity (Wildman–Crippen MR) is 63.6 cm³/mol. The summed E-state index contributed by atoms with van der Waals surface area (Å²) in [7, 11) is 0. The molecule has 2 atom stereocenters. The van der Waals surface area contributed by atoms with Crippen LogP contribution in [-0.4, -0.2) is 32.4 Å². The van der Waals surface area contributed by atoms with Gasteiger partial charge in [0, 0.05) is 12.3 Å². The van der Waals surface area contributed by atoms with Crippen LogP contribution in [0.4, 0.5) is 0 Å². The van der Waals surface area contributed by atoms with Gasteiger partial charge >= 0.3 is 0 Å². The normalized spacial score (nSPS) is 14.5. The second kappa shape index (κ2) is 6.08. The molecule has 0 saturated heterocycles. The first-order valence-electron chi connectivity index (χ1n) is 4.96. The molecular formula is C11H14BrNO3. The molecule has 0 spiro atoms. The third kappa shape index (κ3) is 3.37. The van der Waals surface area contributed by atoms with E-state index in [2.05, 4.69) is 20.9 Å². The van der Waals surface area contributed by atoms with Gasteiger partial charge in [-0.1, -0.05) is 22.0 Å². The fourth-order valence-electron chi connectivity index (χ4n) is 1.28. The van der Waals surface area contributed by atoms with E-state index in [4.69, 9.17) is 0 Å². The average molecular weight is 288 g/mol. The average Bonchev–Trinajstić information content (AvgIpc) is 2.28. The van der Waals surface area contributed by atoms with Gasteiger partial charge in [0.05, 0.1) is 11.8 Å². The monoisotopic (exact) mass is 287 g/mol. The molecule has 0 saturated carbocycles. The molecule has 1 heterocycles. The zero-order chi connectivity index (χ0) is 12.1. The third-order valence-corrected chi connectivity index (χ3v) is 2.66. The number of aromatic nitrogens is 1. The fourth-order valence-corrected chi connectivity index (χ4v) is 1.75. The van der Waals surface area contributed by atoms with Crippen molar-refractivity contribution in [3.05, 3.63) is 29.6 Å². The highest BCUT2D eigenvalue weighted by molar-refractivity contribution is 9.09. The third-order valence-electron chi connectivity index (χ3n) is 2.20. The van der Waals surface area contributed by atoms with Gasteiger partial charge in [0.2, 0.25) is 0 Å². The van der Waals surface area contributed by atoms with Crippen LogP contribution in [-0.2, 0) is 0 Å². The number of alkyl halides is 1. The van der Waals surface area contributed by atoms with Crippen molar-refractivity contribution in [3.63, 3.8) is 0 Å². The van der Waals surface area contributed by atoms with E-state index in [0.717, 1.165) is 0 Å². The molecule has 0 amide bonds. The molecule has 0 aliphatic carbocycles. The molecule has 0 aliphatic heterocycles. The van der Waals surface area contributed by atoms with Gasteiger partial charge in [-0.2, -0.15) is 0 Å². The molecule has 0 aliphatic rings. The Kier molecular flexibility index (Phi) is 5.05. The lowest BCUT2D eigenvalue weighted by atomic mass is 10.1. The molecular weight excluding hydrogens is 274 g/mol. The van der Waals surface area contributed by atoms with Crippen molar-refractivity contribution >= 4 is 21.7 Å². The van der Waals surface area contributed by atoms with Crippen LogP contribution in [0.2, 0.25) is 0 Å². The second-order valence-electron chi connectivity index (χ2n) is 3.49. The highest BCUT2D eigenvalue weighted by Crippen LogP contribution is 2.18. The van der Waals surface area contributed by atoms with Gasteiger partial charge in [-0.25, -0.2) is 4.98 Å². The lowest BCUT2D eigenvalue weighted by Crippen LogP contribution is -2.20.